The third-order valence-electron chi connectivity index (χ3n) is 13.2. The van der Waals surface area contributed by atoms with Crippen LogP contribution in [0.2, 0.25) is 0 Å². The van der Waals surface area contributed by atoms with E-state index < -0.39 is 0 Å². The molecule has 1 aliphatic carbocycles. The Balaban J connectivity index is 1.26. The van der Waals surface area contributed by atoms with Crippen LogP contribution in [0.1, 0.15) is 22.3 Å². The molecule has 2 aromatic heterocycles. The van der Waals surface area contributed by atoms with E-state index in [0.29, 0.717) is 0 Å². The topological polar surface area (TPSA) is 51.8 Å². The highest BCUT2D eigenvalue weighted by molar-refractivity contribution is 6.20. The molecule has 64 heavy (non-hydrogen) atoms. The fraction of sp³-hybridized carbons (Fsp3) is 0.0500. The summed E-state index contributed by atoms with van der Waals surface area (Å²) in [5.74, 6) is 0. The van der Waals surface area contributed by atoms with Gasteiger partial charge in [0.2, 0.25) is 0 Å². The van der Waals surface area contributed by atoms with E-state index in [-0.39, 0.29) is 0 Å². The highest BCUT2D eigenvalue weighted by atomic mass is 16.3. The minimum Gasteiger partial charge on any atom is -0.456 e. The van der Waals surface area contributed by atoms with Crippen LogP contribution in [0.15, 0.2) is 205 Å². The average molecular weight is 820 g/mol. The highest BCUT2D eigenvalue weighted by Gasteiger charge is 2.31. The second-order valence-electron chi connectivity index (χ2n) is 16.7. The van der Waals surface area contributed by atoms with Crippen molar-refractivity contribution in [3.63, 3.8) is 0 Å². The van der Waals surface area contributed by atoms with Crippen LogP contribution in [-0.4, -0.2) is 15.4 Å². The van der Waals surface area contributed by atoms with Crippen LogP contribution < -0.4 is 0 Å². The monoisotopic (exact) mass is 819 g/mol. The minimum atomic E-state index is 0.778. The molecule has 0 fully saturated rings. The molecule has 0 saturated carbocycles. The Kier molecular flexibility index (Phi) is 8.98. The maximum Gasteiger partial charge on any atom is 0.136 e. The molecule has 0 amide bonds. The van der Waals surface area contributed by atoms with Gasteiger partial charge < -0.3 is 4.42 Å². The van der Waals surface area contributed by atoms with Crippen LogP contribution in [0.4, 0.5) is 0 Å². The van der Waals surface area contributed by atoms with Gasteiger partial charge in [0.1, 0.15) is 22.6 Å². The highest BCUT2D eigenvalue weighted by Crippen LogP contribution is 2.54. The molecule has 0 N–H and O–H groups in total. The van der Waals surface area contributed by atoms with Crippen molar-refractivity contribution >= 4 is 21.9 Å². The summed E-state index contributed by atoms with van der Waals surface area (Å²) >= 11 is 0. The molecule has 2 heterocycles. The standard InChI is InChI=1S/C60H41N3O/c1-37-35-50-44-27-13-12-25-42(44)36-51(50)54(38(37)2)58-59(41-23-10-5-11-24-41)61-63-62-60(58)49-31-18-30-45(40-21-8-4-9-22-40)55(49)57-47(33-34-53-56(57)48-29-16-17-32-52(48)64-53)46-28-15-14-26-43(46)39-19-6-3-7-20-39/h3-35H,36H2,1-2H3. The lowest BCUT2D eigenvalue weighted by Gasteiger charge is -2.24. The first kappa shape index (κ1) is 37.5. The summed E-state index contributed by atoms with van der Waals surface area (Å²) in [5.41, 5.74) is 23.8. The van der Waals surface area contributed by atoms with Crippen molar-refractivity contribution in [2.45, 2.75) is 20.3 Å². The number of hydrogen-bond acceptors (Lipinski definition) is 4. The molecule has 0 bridgehead atoms. The molecule has 4 heteroatoms. The molecule has 9 aromatic carbocycles. The Bertz CT molecular complexity index is 3590. The summed E-state index contributed by atoms with van der Waals surface area (Å²) in [6, 6.07) is 71.3. The van der Waals surface area contributed by atoms with E-state index in [1.165, 1.54) is 38.9 Å². The second kappa shape index (κ2) is 15.3. The van der Waals surface area contributed by atoms with Crippen LogP contribution in [0.3, 0.4) is 0 Å². The molecule has 0 unspecified atom stereocenters. The molecule has 1 aliphatic rings. The molecular formula is C60H41N3O. The largest absolute Gasteiger partial charge is 0.456 e. The number of para-hydroxylation sites is 1. The fourth-order valence-corrected chi connectivity index (χ4v) is 10.2. The van der Waals surface area contributed by atoms with Crippen LogP contribution in [0.5, 0.6) is 0 Å². The maximum atomic E-state index is 6.75. The number of benzene rings is 9. The Labute approximate surface area is 372 Å². The van der Waals surface area contributed by atoms with E-state index in [1.807, 2.05) is 6.07 Å². The van der Waals surface area contributed by atoms with E-state index in [0.717, 1.165) is 101 Å². The van der Waals surface area contributed by atoms with E-state index in [2.05, 4.69) is 213 Å². The van der Waals surface area contributed by atoms with Gasteiger partial charge in [-0.1, -0.05) is 182 Å². The SMILES string of the molecule is Cc1cc2c(c(-c3c(-c4ccccc4)nnnc3-c3cccc(-c4ccccc4)c3-c3c(-c4ccccc4-c4ccccc4)ccc4oc5ccccc5c34)c1C)Cc1ccccc1-2. The van der Waals surface area contributed by atoms with Gasteiger partial charge in [-0.05, 0) is 116 Å². The molecular weight excluding hydrogens is 779 g/mol. The Morgan fingerprint density at radius 3 is 1.75 bits per heavy atom. The molecule has 0 saturated heterocycles. The lowest BCUT2D eigenvalue weighted by atomic mass is 9.80. The summed E-state index contributed by atoms with van der Waals surface area (Å²) in [6.07, 6.45) is 0.815. The van der Waals surface area contributed by atoms with Crippen molar-refractivity contribution in [1.82, 2.24) is 15.4 Å². The van der Waals surface area contributed by atoms with Crippen LogP contribution >= 0.6 is 0 Å². The van der Waals surface area contributed by atoms with Gasteiger partial charge in [0.25, 0.3) is 0 Å². The molecule has 0 radical (unpaired) electrons. The van der Waals surface area contributed by atoms with E-state index in [1.54, 1.807) is 0 Å². The lowest BCUT2D eigenvalue weighted by Crippen LogP contribution is -2.05. The minimum absolute atomic E-state index is 0.778. The van der Waals surface area contributed by atoms with Crippen LogP contribution in [0, 0.1) is 13.8 Å². The number of nitrogens with zero attached hydrogens (tertiary/aromatic N) is 3. The zero-order chi connectivity index (χ0) is 42.7. The third kappa shape index (κ3) is 6.02. The Morgan fingerprint density at radius 1 is 0.391 bits per heavy atom. The van der Waals surface area contributed by atoms with E-state index >= 15 is 0 Å². The van der Waals surface area contributed by atoms with Gasteiger partial charge in [-0.3, -0.25) is 0 Å². The van der Waals surface area contributed by atoms with Gasteiger partial charge in [0.05, 0.1) is 0 Å². The van der Waals surface area contributed by atoms with Gasteiger partial charge in [-0.2, -0.15) is 0 Å². The van der Waals surface area contributed by atoms with Crippen LogP contribution in [0.25, 0.3) is 111 Å². The first-order chi connectivity index (χ1) is 31.6. The zero-order valence-electron chi connectivity index (χ0n) is 35.5. The zero-order valence-corrected chi connectivity index (χ0v) is 35.5. The number of fused-ring (bicyclic) bond motifs is 6. The molecule has 11 aromatic rings. The van der Waals surface area contributed by atoms with Crippen molar-refractivity contribution in [1.29, 1.82) is 0 Å². The normalized spacial score (nSPS) is 11.8. The average Bonchev–Trinajstić information content (AvgIpc) is 3.93. The number of aryl methyl sites for hydroxylation is 1. The van der Waals surface area contributed by atoms with Crippen molar-refractivity contribution in [2.24, 2.45) is 0 Å². The molecule has 0 spiro atoms. The quantitative estimate of drug-likeness (QED) is 0.161. The van der Waals surface area contributed by atoms with Crippen molar-refractivity contribution in [3.05, 3.63) is 222 Å². The summed E-state index contributed by atoms with van der Waals surface area (Å²) in [7, 11) is 0. The van der Waals surface area contributed by atoms with Crippen molar-refractivity contribution in [2.75, 3.05) is 0 Å². The number of aromatic nitrogens is 3. The number of furan rings is 1. The van der Waals surface area contributed by atoms with E-state index in [4.69, 9.17) is 14.6 Å². The second-order valence-corrected chi connectivity index (χ2v) is 16.7. The van der Waals surface area contributed by atoms with Gasteiger partial charge in [0, 0.05) is 38.6 Å². The first-order valence-electron chi connectivity index (χ1n) is 21.9. The summed E-state index contributed by atoms with van der Waals surface area (Å²) in [4.78, 5) is 0. The fourth-order valence-electron chi connectivity index (χ4n) is 10.2. The number of hydrogen-bond donors (Lipinski definition) is 0. The molecule has 0 aliphatic heterocycles. The van der Waals surface area contributed by atoms with Crippen molar-refractivity contribution < 1.29 is 4.42 Å². The predicted molar refractivity (Wildman–Crippen MR) is 263 cm³/mol. The van der Waals surface area contributed by atoms with Crippen molar-refractivity contribution in [3.8, 4) is 89.3 Å². The smallest absolute Gasteiger partial charge is 0.136 e. The van der Waals surface area contributed by atoms with Gasteiger partial charge in [0.15, 0.2) is 0 Å². The summed E-state index contributed by atoms with van der Waals surface area (Å²) in [6.45, 7) is 4.48. The molecule has 12 rings (SSSR count). The van der Waals surface area contributed by atoms with Gasteiger partial charge >= 0.3 is 0 Å². The maximum absolute atomic E-state index is 6.75. The third-order valence-corrected chi connectivity index (χ3v) is 13.2. The molecule has 0 atom stereocenters. The number of rotatable bonds is 7. The molecule has 302 valence electrons. The Hall–Kier alpha value is -8.21. The van der Waals surface area contributed by atoms with E-state index in [9.17, 15) is 0 Å². The van der Waals surface area contributed by atoms with Gasteiger partial charge in [-0.15, -0.1) is 10.2 Å². The van der Waals surface area contributed by atoms with Gasteiger partial charge in [-0.25, -0.2) is 0 Å². The van der Waals surface area contributed by atoms with Crippen LogP contribution in [-0.2, 0) is 6.42 Å². The lowest BCUT2D eigenvalue weighted by molar-refractivity contribution is 0.669. The Morgan fingerprint density at radius 2 is 0.984 bits per heavy atom. The first-order valence-corrected chi connectivity index (χ1v) is 21.9. The predicted octanol–water partition coefficient (Wildman–Crippen LogP) is 15.6. The summed E-state index contributed by atoms with van der Waals surface area (Å²) in [5, 5.41) is 16.9. The summed E-state index contributed by atoms with van der Waals surface area (Å²) < 4.78 is 6.75. The molecule has 4 nitrogen and oxygen atoms in total.